The summed E-state index contributed by atoms with van der Waals surface area (Å²) in [4.78, 5) is 23.7. The lowest BCUT2D eigenvalue weighted by atomic mass is 10.1. The second-order valence-corrected chi connectivity index (χ2v) is 6.38. The molecule has 0 aliphatic rings. The lowest BCUT2D eigenvalue weighted by molar-refractivity contribution is 0.0694. The monoisotopic (exact) mass is 375 g/mol. The summed E-state index contributed by atoms with van der Waals surface area (Å²) in [5.41, 5.74) is 0.823. The maximum absolute atomic E-state index is 12.4. The van der Waals surface area contributed by atoms with Crippen LogP contribution in [0.2, 0.25) is 0 Å². The Hall–Kier alpha value is -2.96. The van der Waals surface area contributed by atoms with E-state index in [1.807, 2.05) is 26.8 Å². The minimum atomic E-state index is -1.12. The van der Waals surface area contributed by atoms with Gasteiger partial charge in [0.05, 0.1) is 19.3 Å². The minimum absolute atomic E-state index is 0.00663. The Kier molecular flexibility index (Phi) is 6.50. The zero-order chi connectivity index (χ0) is 20.1. The van der Waals surface area contributed by atoms with E-state index in [2.05, 4.69) is 5.32 Å². The third-order valence-corrected chi connectivity index (χ3v) is 3.98. The number of carboxylic acids is 1. The average Bonchev–Trinajstić information content (AvgIpc) is 3.06. The van der Waals surface area contributed by atoms with E-state index in [1.54, 1.807) is 26.2 Å². The summed E-state index contributed by atoms with van der Waals surface area (Å²) in [6, 6.07) is 6.34. The van der Waals surface area contributed by atoms with Gasteiger partial charge in [-0.3, -0.25) is 4.79 Å². The third kappa shape index (κ3) is 4.81. The molecule has 0 aliphatic heterocycles. The summed E-state index contributed by atoms with van der Waals surface area (Å²) in [6.45, 7) is 7.44. The molecule has 0 spiro atoms. The van der Waals surface area contributed by atoms with Gasteiger partial charge < -0.3 is 24.3 Å². The molecule has 2 aromatic rings. The normalized spacial score (nSPS) is 11.9. The van der Waals surface area contributed by atoms with Crippen LogP contribution in [0.25, 0.3) is 0 Å². The van der Waals surface area contributed by atoms with Crippen molar-refractivity contribution in [2.75, 3.05) is 7.11 Å². The maximum atomic E-state index is 12.4. The van der Waals surface area contributed by atoms with E-state index < -0.39 is 11.9 Å². The molecule has 0 saturated heterocycles. The molecule has 1 aromatic carbocycles. The summed E-state index contributed by atoms with van der Waals surface area (Å²) in [7, 11) is 1.55. The molecule has 27 heavy (non-hydrogen) atoms. The molecule has 7 heteroatoms. The number of carboxylic acid groups (broad SMARTS) is 1. The van der Waals surface area contributed by atoms with Crippen LogP contribution in [0.3, 0.4) is 0 Å². The summed E-state index contributed by atoms with van der Waals surface area (Å²) >= 11 is 0. The van der Waals surface area contributed by atoms with E-state index in [4.69, 9.17) is 13.9 Å². The highest BCUT2D eigenvalue weighted by Crippen LogP contribution is 2.31. The van der Waals surface area contributed by atoms with Gasteiger partial charge in [0.2, 0.25) is 0 Å². The Morgan fingerprint density at radius 2 is 1.89 bits per heavy atom. The number of carbonyl (C=O) groups excluding carboxylic acids is 1. The maximum Gasteiger partial charge on any atom is 0.339 e. The molecule has 2 rings (SSSR count). The molecular formula is C20H25NO6. The quantitative estimate of drug-likeness (QED) is 0.728. The summed E-state index contributed by atoms with van der Waals surface area (Å²) in [5.74, 6) is -0.152. The molecule has 1 unspecified atom stereocenters. The van der Waals surface area contributed by atoms with Crippen molar-refractivity contribution >= 4 is 11.9 Å². The second-order valence-electron chi connectivity index (χ2n) is 6.38. The van der Waals surface area contributed by atoms with Crippen molar-refractivity contribution in [1.29, 1.82) is 0 Å². The number of hydrogen-bond acceptors (Lipinski definition) is 5. The van der Waals surface area contributed by atoms with Crippen LogP contribution in [-0.4, -0.2) is 30.2 Å². The van der Waals surface area contributed by atoms with Crippen molar-refractivity contribution in [3.8, 4) is 11.5 Å². The van der Waals surface area contributed by atoms with Crippen molar-refractivity contribution in [2.24, 2.45) is 0 Å². The van der Waals surface area contributed by atoms with Crippen LogP contribution >= 0.6 is 0 Å². The van der Waals surface area contributed by atoms with Crippen LogP contribution in [0.5, 0.6) is 11.5 Å². The molecule has 1 atom stereocenters. The Labute approximate surface area is 158 Å². The topological polar surface area (TPSA) is 98.0 Å². The number of carbonyl (C=O) groups is 2. The predicted octanol–water partition coefficient (Wildman–Crippen LogP) is 3.83. The Balaban J connectivity index is 2.18. The highest BCUT2D eigenvalue weighted by Gasteiger charge is 2.22. The van der Waals surface area contributed by atoms with Gasteiger partial charge in [-0.2, -0.15) is 0 Å². The van der Waals surface area contributed by atoms with E-state index in [1.165, 1.54) is 6.07 Å². The molecule has 2 N–H and O–H groups in total. The SMILES string of the molecule is CCc1oc(C(=O)NC(C)c2ccc(OC(C)C)c(OC)c2)cc1C(=O)O. The van der Waals surface area contributed by atoms with Crippen molar-refractivity contribution in [2.45, 2.75) is 46.3 Å². The van der Waals surface area contributed by atoms with Crippen molar-refractivity contribution in [3.63, 3.8) is 0 Å². The minimum Gasteiger partial charge on any atom is -0.493 e. The molecule has 0 fully saturated rings. The molecule has 0 saturated carbocycles. The van der Waals surface area contributed by atoms with E-state index >= 15 is 0 Å². The summed E-state index contributed by atoms with van der Waals surface area (Å²) < 4.78 is 16.4. The molecule has 1 heterocycles. The molecule has 1 amide bonds. The third-order valence-electron chi connectivity index (χ3n) is 3.98. The van der Waals surface area contributed by atoms with Gasteiger partial charge in [0, 0.05) is 12.5 Å². The molecule has 0 radical (unpaired) electrons. The van der Waals surface area contributed by atoms with Gasteiger partial charge in [0.25, 0.3) is 5.91 Å². The zero-order valence-electron chi connectivity index (χ0n) is 16.2. The number of nitrogens with one attached hydrogen (secondary N) is 1. The highest BCUT2D eigenvalue weighted by molar-refractivity contribution is 5.96. The Bertz CT molecular complexity index is 824. The van der Waals surface area contributed by atoms with E-state index in [-0.39, 0.29) is 29.2 Å². The lowest BCUT2D eigenvalue weighted by Crippen LogP contribution is -2.26. The van der Waals surface area contributed by atoms with Crippen LogP contribution < -0.4 is 14.8 Å². The Morgan fingerprint density at radius 3 is 2.41 bits per heavy atom. The fourth-order valence-corrected chi connectivity index (χ4v) is 2.64. The average molecular weight is 375 g/mol. The van der Waals surface area contributed by atoms with E-state index in [0.717, 1.165) is 5.56 Å². The van der Waals surface area contributed by atoms with Crippen LogP contribution in [0, 0.1) is 0 Å². The first kappa shape index (κ1) is 20.4. The lowest BCUT2D eigenvalue weighted by Gasteiger charge is -2.18. The van der Waals surface area contributed by atoms with Gasteiger partial charge in [-0.05, 0) is 38.5 Å². The standard InChI is InChI=1S/C20H25NO6/c1-6-15-14(20(23)24)10-18(27-15)19(22)21-12(4)13-7-8-16(26-11(2)3)17(9-13)25-5/h7-12H,6H2,1-5H3,(H,21,22)(H,23,24). The number of rotatable bonds is 8. The molecule has 0 aliphatic carbocycles. The first-order valence-electron chi connectivity index (χ1n) is 8.78. The van der Waals surface area contributed by atoms with Crippen LogP contribution in [0.1, 0.15) is 66.0 Å². The first-order valence-corrected chi connectivity index (χ1v) is 8.78. The highest BCUT2D eigenvalue weighted by atomic mass is 16.5. The van der Waals surface area contributed by atoms with E-state index in [9.17, 15) is 14.7 Å². The van der Waals surface area contributed by atoms with Gasteiger partial charge in [0.15, 0.2) is 17.3 Å². The number of aryl methyl sites for hydroxylation is 1. The van der Waals surface area contributed by atoms with Crippen LogP contribution in [0.15, 0.2) is 28.7 Å². The first-order chi connectivity index (χ1) is 12.8. The van der Waals surface area contributed by atoms with E-state index in [0.29, 0.717) is 17.9 Å². The Morgan fingerprint density at radius 1 is 1.19 bits per heavy atom. The summed E-state index contributed by atoms with van der Waals surface area (Å²) in [5, 5.41) is 12.0. The number of ether oxygens (including phenoxy) is 2. The molecule has 146 valence electrons. The molecule has 1 aromatic heterocycles. The zero-order valence-corrected chi connectivity index (χ0v) is 16.2. The number of methoxy groups -OCH3 is 1. The van der Waals surface area contributed by atoms with Gasteiger partial charge in [-0.25, -0.2) is 4.79 Å². The van der Waals surface area contributed by atoms with Crippen molar-refractivity contribution < 1.29 is 28.6 Å². The number of furan rings is 1. The van der Waals surface area contributed by atoms with Gasteiger partial charge in [-0.1, -0.05) is 13.0 Å². The number of hydrogen-bond donors (Lipinski definition) is 2. The van der Waals surface area contributed by atoms with Crippen molar-refractivity contribution in [1.82, 2.24) is 5.32 Å². The fraction of sp³-hybridized carbons (Fsp3) is 0.400. The second kappa shape index (κ2) is 8.62. The number of benzene rings is 1. The van der Waals surface area contributed by atoms with Crippen LogP contribution in [-0.2, 0) is 6.42 Å². The van der Waals surface area contributed by atoms with Crippen LogP contribution in [0.4, 0.5) is 0 Å². The molecular weight excluding hydrogens is 350 g/mol. The van der Waals surface area contributed by atoms with Gasteiger partial charge >= 0.3 is 5.97 Å². The smallest absolute Gasteiger partial charge is 0.339 e. The number of aromatic carboxylic acids is 1. The number of amides is 1. The van der Waals surface area contributed by atoms with Gasteiger partial charge in [-0.15, -0.1) is 0 Å². The molecule has 0 bridgehead atoms. The fourth-order valence-electron chi connectivity index (χ4n) is 2.64. The largest absolute Gasteiger partial charge is 0.493 e. The predicted molar refractivity (Wildman–Crippen MR) is 99.7 cm³/mol. The summed E-state index contributed by atoms with van der Waals surface area (Å²) in [6.07, 6.45) is 0.399. The van der Waals surface area contributed by atoms with Crippen molar-refractivity contribution in [3.05, 3.63) is 46.9 Å². The van der Waals surface area contributed by atoms with Gasteiger partial charge in [0.1, 0.15) is 11.3 Å². The molecule has 7 nitrogen and oxygen atoms in total.